The van der Waals surface area contributed by atoms with E-state index in [1.165, 1.54) is 39.8 Å². The van der Waals surface area contributed by atoms with Crippen LogP contribution in [0.4, 0.5) is 15.8 Å². The maximum absolute atomic E-state index is 14.0. The molecule has 3 amide bonds. The zero-order valence-electron chi connectivity index (χ0n) is 18.2. The predicted molar refractivity (Wildman–Crippen MR) is 130 cm³/mol. The average Bonchev–Trinajstić information content (AvgIpc) is 3.31. The van der Waals surface area contributed by atoms with Crippen molar-refractivity contribution in [2.75, 3.05) is 28.6 Å². The monoisotopic (exact) mass is 475 g/mol. The van der Waals surface area contributed by atoms with Gasteiger partial charge in [-0.15, -0.1) is 11.8 Å². The van der Waals surface area contributed by atoms with Crippen molar-refractivity contribution in [1.29, 1.82) is 0 Å². The van der Waals surface area contributed by atoms with Crippen molar-refractivity contribution in [3.8, 4) is 0 Å². The normalized spacial score (nSPS) is 19.1. The molecule has 1 fully saturated rings. The minimum atomic E-state index is -1.37. The van der Waals surface area contributed by atoms with Gasteiger partial charge in [-0.05, 0) is 36.2 Å². The highest BCUT2D eigenvalue weighted by atomic mass is 32.2. The van der Waals surface area contributed by atoms with Crippen LogP contribution in [-0.2, 0) is 25.7 Å². The summed E-state index contributed by atoms with van der Waals surface area (Å²) in [6.45, 7) is 0.276. The number of hydrogen-bond acceptors (Lipinski definition) is 4. The van der Waals surface area contributed by atoms with Crippen molar-refractivity contribution in [2.24, 2.45) is 0 Å². The Morgan fingerprint density at radius 3 is 2.56 bits per heavy atom. The second-order valence-electron chi connectivity index (χ2n) is 8.14. The Bertz CT molecular complexity index is 1270. The highest BCUT2D eigenvalue weighted by Gasteiger charge is 2.61. The molecule has 0 saturated carbocycles. The number of hydrogen-bond donors (Lipinski definition) is 1. The molecule has 1 saturated heterocycles. The molecular weight excluding hydrogens is 453 g/mol. The number of rotatable bonds is 6. The van der Waals surface area contributed by atoms with Crippen molar-refractivity contribution in [3.05, 3.63) is 95.8 Å². The maximum Gasteiger partial charge on any atom is 0.269 e. The fourth-order valence-electron chi connectivity index (χ4n) is 4.52. The van der Waals surface area contributed by atoms with E-state index in [0.717, 1.165) is 5.56 Å². The average molecular weight is 476 g/mol. The Kier molecular flexibility index (Phi) is 5.83. The van der Waals surface area contributed by atoms with Crippen LogP contribution >= 0.6 is 11.8 Å². The van der Waals surface area contributed by atoms with Gasteiger partial charge in [0.2, 0.25) is 16.7 Å². The third-order valence-corrected chi connectivity index (χ3v) is 7.40. The third-order valence-electron chi connectivity index (χ3n) is 6.01. The molecule has 0 radical (unpaired) electrons. The van der Waals surface area contributed by atoms with Crippen molar-refractivity contribution >= 4 is 40.9 Å². The van der Waals surface area contributed by atoms with Crippen LogP contribution in [-0.4, -0.2) is 36.6 Å². The molecule has 1 N–H and O–H groups in total. The minimum absolute atomic E-state index is 0.0771. The molecule has 5 rings (SSSR count). The van der Waals surface area contributed by atoms with Crippen LogP contribution < -0.4 is 15.1 Å². The van der Waals surface area contributed by atoms with Crippen molar-refractivity contribution < 1.29 is 18.8 Å². The van der Waals surface area contributed by atoms with E-state index in [4.69, 9.17) is 0 Å². The van der Waals surface area contributed by atoms with E-state index in [0.29, 0.717) is 29.9 Å². The summed E-state index contributed by atoms with van der Waals surface area (Å²) in [5.41, 5.74) is 2.62. The lowest BCUT2D eigenvalue weighted by Crippen LogP contribution is -2.51. The van der Waals surface area contributed by atoms with Gasteiger partial charge >= 0.3 is 0 Å². The summed E-state index contributed by atoms with van der Waals surface area (Å²) in [5, 5.41) is 2.88. The van der Waals surface area contributed by atoms with Crippen LogP contribution in [0.3, 0.4) is 0 Å². The van der Waals surface area contributed by atoms with Gasteiger partial charge in [-0.3, -0.25) is 24.2 Å². The lowest BCUT2D eigenvalue weighted by molar-refractivity contribution is -0.125. The van der Waals surface area contributed by atoms with Gasteiger partial charge in [-0.25, -0.2) is 4.39 Å². The first kappa shape index (κ1) is 22.2. The summed E-state index contributed by atoms with van der Waals surface area (Å²) in [7, 11) is 0. The number of carbonyl (C=O) groups excluding carboxylic acids is 3. The molecule has 3 aromatic carbocycles. The first-order chi connectivity index (χ1) is 16.5. The van der Waals surface area contributed by atoms with E-state index >= 15 is 0 Å². The number of carbonyl (C=O) groups is 3. The fourth-order valence-corrected chi connectivity index (χ4v) is 5.88. The molecule has 3 aromatic rings. The Balaban J connectivity index is 1.41. The van der Waals surface area contributed by atoms with Gasteiger partial charge in [0.25, 0.3) is 5.91 Å². The number of para-hydroxylation sites is 1. The molecule has 8 heteroatoms. The lowest BCUT2D eigenvalue weighted by Gasteiger charge is -2.33. The highest BCUT2D eigenvalue weighted by molar-refractivity contribution is 8.02. The van der Waals surface area contributed by atoms with Crippen LogP contribution in [0, 0.1) is 5.82 Å². The zero-order valence-corrected chi connectivity index (χ0v) is 19.1. The molecule has 172 valence electrons. The van der Waals surface area contributed by atoms with E-state index in [1.54, 1.807) is 30.3 Å². The third kappa shape index (κ3) is 3.74. The molecule has 2 aliphatic rings. The molecule has 1 unspecified atom stereocenters. The minimum Gasteiger partial charge on any atom is -0.354 e. The Morgan fingerprint density at radius 1 is 1.00 bits per heavy atom. The van der Waals surface area contributed by atoms with Gasteiger partial charge in [-0.2, -0.15) is 0 Å². The summed E-state index contributed by atoms with van der Waals surface area (Å²) in [6.07, 6.45) is 0.679. The molecule has 34 heavy (non-hydrogen) atoms. The van der Waals surface area contributed by atoms with Gasteiger partial charge in [0, 0.05) is 17.8 Å². The summed E-state index contributed by atoms with van der Waals surface area (Å²) in [4.78, 5) is 41.0. The number of halogens is 1. The van der Waals surface area contributed by atoms with Gasteiger partial charge in [0.1, 0.15) is 12.4 Å². The smallest absolute Gasteiger partial charge is 0.269 e. The maximum atomic E-state index is 14.0. The first-order valence-electron chi connectivity index (χ1n) is 11.0. The van der Waals surface area contributed by atoms with Gasteiger partial charge in [0.05, 0.1) is 11.4 Å². The van der Waals surface area contributed by atoms with Gasteiger partial charge in [0.15, 0.2) is 0 Å². The fraction of sp³-hybridized carbons (Fsp3) is 0.192. The topological polar surface area (TPSA) is 69.7 Å². The van der Waals surface area contributed by atoms with Crippen LogP contribution in [0.25, 0.3) is 0 Å². The molecule has 1 atom stereocenters. The van der Waals surface area contributed by atoms with Crippen LogP contribution in [0.2, 0.25) is 0 Å². The Hall–Kier alpha value is -3.65. The largest absolute Gasteiger partial charge is 0.354 e. The molecule has 0 aromatic heterocycles. The number of nitrogens with zero attached hydrogens (tertiary/aromatic N) is 2. The predicted octanol–water partition coefficient (Wildman–Crippen LogP) is 3.46. The Morgan fingerprint density at radius 2 is 1.76 bits per heavy atom. The quantitative estimate of drug-likeness (QED) is 0.593. The van der Waals surface area contributed by atoms with Gasteiger partial charge < -0.3 is 5.32 Å². The summed E-state index contributed by atoms with van der Waals surface area (Å²) in [6, 6.07) is 22.6. The zero-order chi connectivity index (χ0) is 23.7. The van der Waals surface area contributed by atoms with Crippen LogP contribution in [0.15, 0.2) is 78.9 Å². The highest BCUT2D eigenvalue weighted by Crippen LogP contribution is 2.55. The number of benzene rings is 3. The number of nitrogens with one attached hydrogen (secondary N) is 1. The summed E-state index contributed by atoms with van der Waals surface area (Å²) in [5.74, 6) is -1.37. The van der Waals surface area contributed by atoms with Crippen molar-refractivity contribution in [2.45, 2.75) is 11.3 Å². The molecule has 6 nitrogen and oxygen atoms in total. The van der Waals surface area contributed by atoms with E-state index in [2.05, 4.69) is 5.32 Å². The number of amides is 3. The first-order valence-corrected chi connectivity index (χ1v) is 11.9. The number of anilines is 2. The molecule has 2 aliphatic heterocycles. The van der Waals surface area contributed by atoms with Crippen LogP contribution in [0.1, 0.15) is 11.1 Å². The second kappa shape index (κ2) is 8.95. The molecule has 2 heterocycles. The second-order valence-corrected chi connectivity index (χ2v) is 9.30. The van der Waals surface area contributed by atoms with Gasteiger partial charge in [-0.1, -0.05) is 54.6 Å². The lowest BCUT2D eigenvalue weighted by atomic mass is 10.0. The molecular formula is C26H22FN3O3S. The van der Waals surface area contributed by atoms with E-state index in [1.807, 2.05) is 30.3 Å². The van der Waals surface area contributed by atoms with E-state index in [-0.39, 0.29) is 30.0 Å². The number of thioether (sulfide) groups is 1. The van der Waals surface area contributed by atoms with Crippen molar-refractivity contribution in [1.82, 2.24) is 5.32 Å². The van der Waals surface area contributed by atoms with E-state index < -0.39 is 10.7 Å². The summed E-state index contributed by atoms with van der Waals surface area (Å²) < 4.78 is 14.0. The summed E-state index contributed by atoms with van der Waals surface area (Å²) >= 11 is 1.20. The standard InChI is InChI=1S/C26H22FN3O3S/c27-19-9-6-10-20(15-19)30-24(32)17-34-26(30)21-11-4-5-12-22(21)29(25(26)33)16-23(31)28-14-13-18-7-2-1-3-8-18/h1-12,15H,13-14,16-17H2,(H,28,31). The molecule has 0 bridgehead atoms. The van der Waals surface area contributed by atoms with Crippen molar-refractivity contribution in [3.63, 3.8) is 0 Å². The molecule has 0 aliphatic carbocycles. The number of fused-ring (bicyclic) bond motifs is 2. The van der Waals surface area contributed by atoms with E-state index in [9.17, 15) is 18.8 Å². The Labute approximate surface area is 200 Å². The molecule has 1 spiro atoms. The van der Waals surface area contributed by atoms with Crippen LogP contribution in [0.5, 0.6) is 0 Å². The SMILES string of the molecule is O=C(CN1C(=O)C2(SCC(=O)N2c2cccc(F)c2)c2ccccc21)NCCc1ccccc1.